The predicted octanol–water partition coefficient (Wildman–Crippen LogP) is 0.187. The molecule has 0 aliphatic heterocycles. The van der Waals surface area contributed by atoms with E-state index in [1.807, 2.05) is 13.8 Å². The molecule has 0 unspecified atom stereocenters. The van der Waals surface area contributed by atoms with Gasteiger partial charge in [0.15, 0.2) is 0 Å². The molecule has 0 amide bonds. The van der Waals surface area contributed by atoms with Gasteiger partial charge in [-0.25, -0.2) is 4.79 Å². The molecule has 0 fully saturated rings. The zero-order valence-corrected chi connectivity index (χ0v) is 7.71. The number of nitrogens with two attached hydrogens (primary N) is 2. The minimum absolute atomic E-state index is 0.139. The van der Waals surface area contributed by atoms with Crippen molar-refractivity contribution in [2.45, 2.75) is 13.8 Å². The maximum atomic E-state index is 9.25. The van der Waals surface area contributed by atoms with Crippen molar-refractivity contribution in [3.05, 3.63) is 12.7 Å². The first-order valence-corrected chi connectivity index (χ1v) is 3.65. The van der Waals surface area contributed by atoms with E-state index < -0.39 is 5.97 Å². The third-order valence-corrected chi connectivity index (χ3v) is 1.28. The first-order valence-electron chi connectivity index (χ1n) is 3.65. The third kappa shape index (κ3) is 11.9. The highest BCUT2D eigenvalue weighted by Crippen LogP contribution is 2.07. The van der Waals surface area contributed by atoms with E-state index in [9.17, 15) is 4.79 Å². The molecule has 0 aromatic carbocycles. The van der Waals surface area contributed by atoms with Gasteiger partial charge in [0, 0.05) is 6.08 Å². The summed E-state index contributed by atoms with van der Waals surface area (Å²) < 4.78 is 0. The Morgan fingerprint density at radius 1 is 1.50 bits per heavy atom. The van der Waals surface area contributed by atoms with Gasteiger partial charge in [0.1, 0.15) is 0 Å². The summed E-state index contributed by atoms with van der Waals surface area (Å²) in [4.78, 5) is 9.25. The van der Waals surface area contributed by atoms with E-state index in [0.717, 1.165) is 6.08 Å². The van der Waals surface area contributed by atoms with Gasteiger partial charge < -0.3 is 16.6 Å². The minimum atomic E-state index is -0.981. The van der Waals surface area contributed by atoms with Crippen LogP contribution in [0.2, 0.25) is 0 Å². The fourth-order valence-corrected chi connectivity index (χ4v) is 0.0833. The summed E-state index contributed by atoms with van der Waals surface area (Å²) in [6.07, 6.45) is 0.833. The number of hydrogen-bond acceptors (Lipinski definition) is 3. The molecule has 0 aliphatic carbocycles. The van der Waals surface area contributed by atoms with Crippen LogP contribution < -0.4 is 11.5 Å². The van der Waals surface area contributed by atoms with Gasteiger partial charge in [-0.3, -0.25) is 0 Å². The van der Waals surface area contributed by atoms with E-state index in [-0.39, 0.29) is 5.41 Å². The fourth-order valence-electron chi connectivity index (χ4n) is 0.0833. The average molecular weight is 174 g/mol. The Labute approximate surface area is 73.2 Å². The van der Waals surface area contributed by atoms with Crippen LogP contribution >= 0.6 is 0 Å². The summed E-state index contributed by atoms with van der Waals surface area (Å²) in [6.45, 7) is 8.40. The summed E-state index contributed by atoms with van der Waals surface area (Å²) in [5.74, 6) is -0.981. The molecule has 0 aliphatic rings. The van der Waals surface area contributed by atoms with Crippen molar-refractivity contribution in [2.75, 3.05) is 13.1 Å². The van der Waals surface area contributed by atoms with Crippen LogP contribution in [0.1, 0.15) is 13.8 Å². The van der Waals surface area contributed by atoms with Crippen molar-refractivity contribution in [2.24, 2.45) is 16.9 Å². The Morgan fingerprint density at radius 3 is 1.75 bits per heavy atom. The van der Waals surface area contributed by atoms with E-state index in [1.165, 1.54) is 0 Å². The molecule has 0 rings (SSSR count). The summed E-state index contributed by atoms with van der Waals surface area (Å²) in [5.41, 5.74) is 10.8. The highest BCUT2D eigenvalue weighted by Gasteiger charge is 2.10. The molecule has 0 saturated heterocycles. The Morgan fingerprint density at radius 2 is 1.75 bits per heavy atom. The van der Waals surface area contributed by atoms with E-state index >= 15 is 0 Å². The number of carbonyl (C=O) groups is 1. The maximum absolute atomic E-state index is 9.25. The van der Waals surface area contributed by atoms with Crippen molar-refractivity contribution in [1.29, 1.82) is 0 Å². The average Bonchev–Trinajstić information content (AvgIpc) is 2.05. The Balaban J connectivity index is 0. The Hall–Kier alpha value is -0.870. The van der Waals surface area contributed by atoms with Crippen LogP contribution in [0, 0.1) is 5.41 Å². The van der Waals surface area contributed by atoms with E-state index in [2.05, 4.69) is 6.58 Å². The van der Waals surface area contributed by atoms with Gasteiger partial charge in [-0.1, -0.05) is 20.4 Å². The number of aliphatic carboxylic acids is 1. The number of carboxylic acid groups (broad SMARTS) is 1. The second-order valence-electron chi connectivity index (χ2n) is 3.11. The summed E-state index contributed by atoms with van der Waals surface area (Å²) >= 11 is 0. The molecule has 72 valence electrons. The van der Waals surface area contributed by atoms with Crippen LogP contribution in [-0.4, -0.2) is 24.2 Å². The van der Waals surface area contributed by atoms with Crippen molar-refractivity contribution in [3.63, 3.8) is 0 Å². The topological polar surface area (TPSA) is 89.3 Å². The first kappa shape index (κ1) is 13.7. The normalized spacial score (nSPS) is 9.67. The fraction of sp³-hybridized carbons (Fsp3) is 0.625. The van der Waals surface area contributed by atoms with Gasteiger partial charge in [-0.2, -0.15) is 0 Å². The molecule has 0 spiro atoms. The molecule has 0 heterocycles. The van der Waals surface area contributed by atoms with Crippen LogP contribution in [0.3, 0.4) is 0 Å². The molecular weight excluding hydrogens is 156 g/mol. The van der Waals surface area contributed by atoms with Gasteiger partial charge in [0.05, 0.1) is 0 Å². The number of hydrogen-bond donors (Lipinski definition) is 3. The van der Waals surface area contributed by atoms with E-state index in [1.54, 1.807) is 0 Å². The standard InChI is InChI=1S/C5H14N2.C3H4O2/c1-5(2,3-6)4-7;1-2-3(4)5/h3-4,6-7H2,1-2H3;2H,1H2,(H,4,5). The quantitative estimate of drug-likeness (QED) is 0.533. The first-order chi connectivity index (χ1) is 5.39. The largest absolute Gasteiger partial charge is 0.478 e. The van der Waals surface area contributed by atoms with Crippen molar-refractivity contribution < 1.29 is 9.90 Å². The summed E-state index contributed by atoms with van der Waals surface area (Å²) in [7, 11) is 0. The summed E-state index contributed by atoms with van der Waals surface area (Å²) in [6, 6.07) is 0. The van der Waals surface area contributed by atoms with E-state index in [0.29, 0.717) is 13.1 Å². The molecule has 0 radical (unpaired) electrons. The molecule has 5 N–H and O–H groups in total. The molecule has 0 aromatic rings. The van der Waals surface area contributed by atoms with Crippen LogP contribution in [0.4, 0.5) is 0 Å². The molecule has 4 nitrogen and oxygen atoms in total. The lowest BCUT2D eigenvalue weighted by Gasteiger charge is -2.18. The second kappa shape index (κ2) is 6.82. The maximum Gasteiger partial charge on any atom is 0.327 e. The van der Waals surface area contributed by atoms with Gasteiger partial charge in [-0.05, 0) is 18.5 Å². The minimum Gasteiger partial charge on any atom is -0.478 e. The Bertz CT molecular complexity index is 138. The molecular formula is C8H18N2O2. The molecule has 0 bridgehead atoms. The zero-order chi connectivity index (χ0) is 10.2. The van der Waals surface area contributed by atoms with Gasteiger partial charge in [0.2, 0.25) is 0 Å². The predicted molar refractivity (Wildman–Crippen MR) is 49.7 cm³/mol. The molecule has 0 saturated carbocycles. The van der Waals surface area contributed by atoms with Crippen LogP contribution in [0.5, 0.6) is 0 Å². The lowest BCUT2D eigenvalue weighted by Crippen LogP contribution is -2.31. The van der Waals surface area contributed by atoms with E-state index in [4.69, 9.17) is 16.6 Å². The lowest BCUT2D eigenvalue weighted by molar-refractivity contribution is -0.131. The highest BCUT2D eigenvalue weighted by atomic mass is 16.4. The molecule has 12 heavy (non-hydrogen) atoms. The SMILES string of the molecule is C=CC(=O)O.CC(C)(CN)CN. The van der Waals surface area contributed by atoms with Crippen molar-refractivity contribution >= 4 is 5.97 Å². The molecule has 4 heteroatoms. The monoisotopic (exact) mass is 174 g/mol. The van der Waals surface area contributed by atoms with Gasteiger partial charge in [-0.15, -0.1) is 0 Å². The van der Waals surface area contributed by atoms with Gasteiger partial charge >= 0.3 is 5.97 Å². The smallest absolute Gasteiger partial charge is 0.327 e. The highest BCUT2D eigenvalue weighted by molar-refractivity contribution is 5.78. The third-order valence-electron chi connectivity index (χ3n) is 1.28. The van der Waals surface area contributed by atoms with Crippen molar-refractivity contribution in [1.82, 2.24) is 0 Å². The Kier molecular flexibility index (Phi) is 7.78. The number of carboxylic acids is 1. The van der Waals surface area contributed by atoms with Crippen molar-refractivity contribution in [3.8, 4) is 0 Å². The van der Waals surface area contributed by atoms with Crippen LogP contribution in [0.25, 0.3) is 0 Å². The van der Waals surface area contributed by atoms with Crippen LogP contribution in [0.15, 0.2) is 12.7 Å². The van der Waals surface area contributed by atoms with Crippen LogP contribution in [-0.2, 0) is 4.79 Å². The molecule has 0 atom stereocenters. The second-order valence-corrected chi connectivity index (χ2v) is 3.11. The zero-order valence-electron chi connectivity index (χ0n) is 7.71. The molecule has 0 aromatic heterocycles. The number of rotatable bonds is 3. The summed E-state index contributed by atoms with van der Waals surface area (Å²) in [5, 5.41) is 7.60. The van der Waals surface area contributed by atoms with Gasteiger partial charge in [0.25, 0.3) is 0 Å². The lowest BCUT2D eigenvalue weighted by atomic mass is 9.95.